The second-order valence-corrected chi connectivity index (χ2v) is 9.31. The second kappa shape index (κ2) is 8.58. The minimum Gasteiger partial charge on any atom is -0.366 e. The lowest BCUT2D eigenvalue weighted by Gasteiger charge is -2.27. The molecule has 10 heteroatoms. The fourth-order valence-electron chi connectivity index (χ4n) is 3.70. The SMILES string of the molecule is CCNS(=O)(=O)c1ccc(Nc2cc(NC3CCC(N)CC3)nn3ccnc23)cc1. The van der Waals surface area contributed by atoms with E-state index >= 15 is 0 Å². The lowest BCUT2D eigenvalue weighted by atomic mass is 9.92. The van der Waals surface area contributed by atoms with Gasteiger partial charge in [-0.2, -0.15) is 0 Å². The number of nitrogens with one attached hydrogen (secondary N) is 3. The second-order valence-electron chi connectivity index (χ2n) is 7.55. The van der Waals surface area contributed by atoms with Crippen LogP contribution in [0.2, 0.25) is 0 Å². The van der Waals surface area contributed by atoms with Gasteiger partial charge in [0, 0.05) is 42.8 Å². The van der Waals surface area contributed by atoms with Gasteiger partial charge in [-0.3, -0.25) is 0 Å². The molecule has 0 spiro atoms. The van der Waals surface area contributed by atoms with Crippen molar-refractivity contribution in [1.29, 1.82) is 0 Å². The number of sulfonamides is 1. The zero-order valence-corrected chi connectivity index (χ0v) is 17.7. The van der Waals surface area contributed by atoms with Crippen LogP contribution in [-0.4, -0.2) is 41.6 Å². The minimum atomic E-state index is -3.48. The van der Waals surface area contributed by atoms with Crippen molar-refractivity contribution < 1.29 is 8.42 Å². The topological polar surface area (TPSA) is 126 Å². The number of hydrogen-bond acceptors (Lipinski definition) is 7. The Kier molecular flexibility index (Phi) is 5.89. The van der Waals surface area contributed by atoms with Gasteiger partial charge in [0.1, 0.15) is 5.82 Å². The van der Waals surface area contributed by atoms with E-state index in [0.717, 1.165) is 42.9 Å². The maximum Gasteiger partial charge on any atom is 0.240 e. The summed E-state index contributed by atoms with van der Waals surface area (Å²) in [5, 5.41) is 11.4. The Balaban J connectivity index is 1.55. The summed E-state index contributed by atoms with van der Waals surface area (Å²) >= 11 is 0. The Morgan fingerprint density at radius 3 is 2.60 bits per heavy atom. The lowest BCUT2D eigenvalue weighted by molar-refractivity contribution is 0.410. The highest BCUT2D eigenvalue weighted by Crippen LogP contribution is 2.26. The molecule has 9 nitrogen and oxygen atoms in total. The average Bonchev–Trinajstić information content (AvgIpc) is 3.19. The molecule has 4 rings (SSSR count). The van der Waals surface area contributed by atoms with Gasteiger partial charge in [-0.1, -0.05) is 6.92 Å². The van der Waals surface area contributed by atoms with Crippen LogP contribution in [-0.2, 0) is 10.0 Å². The molecule has 0 saturated heterocycles. The van der Waals surface area contributed by atoms with Crippen molar-refractivity contribution in [3.63, 3.8) is 0 Å². The monoisotopic (exact) mass is 429 g/mol. The molecule has 2 heterocycles. The first-order chi connectivity index (χ1) is 14.4. The molecule has 0 atom stereocenters. The third kappa shape index (κ3) is 4.55. The molecule has 0 bridgehead atoms. The van der Waals surface area contributed by atoms with E-state index in [0.29, 0.717) is 24.3 Å². The molecule has 160 valence electrons. The normalized spacial score (nSPS) is 19.7. The maximum absolute atomic E-state index is 12.1. The fourth-order valence-corrected chi connectivity index (χ4v) is 4.74. The van der Waals surface area contributed by atoms with Crippen LogP contribution in [0.3, 0.4) is 0 Å². The average molecular weight is 430 g/mol. The number of benzene rings is 1. The van der Waals surface area contributed by atoms with Crippen LogP contribution in [0.4, 0.5) is 17.2 Å². The molecule has 1 aromatic carbocycles. The van der Waals surface area contributed by atoms with Crippen molar-refractivity contribution in [3.05, 3.63) is 42.7 Å². The Morgan fingerprint density at radius 1 is 1.17 bits per heavy atom. The third-order valence-electron chi connectivity index (χ3n) is 5.26. The van der Waals surface area contributed by atoms with E-state index < -0.39 is 10.0 Å². The van der Waals surface area contributed by atoms with E-state index in [-0.39, 0.29) is 4.90 Å². The molecule has 1 saturated carbocycles. The van der Waals surface area contributed by atoms with Gasteiger partial charge in [0.25, 0.3) is 0 Å². The highest BCUT2D eigenvalue weighted by atomic mass is 32.2. The number of imidazole rings is 1. The Hall–Kier alpha value is -2.69. The van der Waals surface area contributed by atoms with Crippen LogP contribution >= 0.6 is 0 Å². The smallest absolute Gasteiger partial charge is 0.240 e. The Labute approximate surface area is 176 Å². The van der Waals surface area contributed by atoms with Crippen molar-refractivity contribution in [2.75, 3.05) is 17.2 Å². The Bertz CT molecular complexity index is 1100. The van der Waals surface area contributed by atoms with E-state index in [2.05, 4.69) is 25.4 Å². The molecule has 3 aromatic rings. The van der Waals surface area contributed by atoms with Crippen LogP contribution in [0.1, 0.15) is 32.6 Å². The predicted octanol–water partition coefficient (Wildman–Crippen LogP) is 2.45. The number of nitrogens with two attached hydrogens (primary N) is 1. The number of rotatable bonds is 7. The summed E-state index contributed by atoms with van der Waals surface area (Å²) in [5.41, 5.74) is 8.24. The molecular weight excluding hydrogens is 402 g/mol. The first-order valence-electron chi connectivity index (χ1n) is 10.2. The molecular formula is C20H27N7O2S. The number of fused-ring (bicyclic) bond motifs is 1. The van der Waals surface area contributed by atoms with Gasteiger partial charge in [0.05, 0.1) is 10.6 Å². The van der Waals surface area contributed by atoms with Gasteiger partial charge in [-0.15, -0.1) is 5.10 Å². The van der Waals surface area contributed by atoms with E-state index in [9.17, 15) is 8.42 Å². The maximum atomic E-state index is 12.1. The zero-order valence-electron chi connectivity index (χ0n) is 16.9. The number of aromatic nitrogens is 3. The largest absolute Gasteiger partial charge is 0.366 e. The minimum absolute atomic E-state index is 0.230. The van der Waals surface area contributed by atoms with Crippen molar-refractivity contribution in [2.24, 2.45) is 5.73 Å². The van der Waals surface area contributed by atoms with Crippen molar-refractivity contribution in [3.8, 4) is 0 Å². The molecule has 1 fully saturated rings. The van der Waals surface area contributed by atoms with Gasteiger partial charge in [-0.25, -0.2) is 22.6 Å². The zero-order chi connectivity index (χ0) is 21.1. The van der Waals surface area contributed by atoms with Gasteiger partial charge in [-0.05, 0) is 49.9 Å². The molecule has 1 aliphatic rings. The molecule has 0 radical (unpaired) electrons. The first-order valence-corrected chi connectivity index (χ1v) is 11.7. The summed E-state index contributed by atoms with van der Waals surface area (Å²) in [6.07, 6.45) is 7.57. The summed E-state index contributed by atoms with van der Waals surface area (Å²) < 4.78 is 28.5. The summed E-state index contributed by atoms with van der Waals surface area (Å²) in [6.45, 7) is 2.10. The molecule has 2 aromatic heterocycles. The first kappa shape index (κ1) is 20.6. The van der Waals surface area contributed by atoms with Crippen LogP contribution in [0.15, 0.2) is 47.6 Å². The molecule has 5 N–H and O–H groups in total. The van der Waals surface area contributed by atoms with E-state index in [1.165, 1.54) is 0 Å². The van der Waals surface area contributed by atoms with Gasteiger partial charge in [0.2, 0.25) is 10.0 Å². The number of nitrogens with zero attached hydrogens (tertiary/aromatic N) is 3. The third-order valence-corrected chi connectivity index (χ3v) is 6.82. The van der Waals surface area contributed by atoms with Crippen molar-refractivity contribution in [1.82, 2.24) is 19.3 Å². The van der Waals surface area contributed by atoms with Gasteiger partial charge < -0.3 is 16.4 Å². The van der Waals surface area contributed by atoms with Crippen LogP contribution in [0.25, 0.3) is 5.65 Å². The molecule has 1 aliphatic carbocycles. The summed E-state index contributed by atoms with van der Waals surface area (Å²) in [7, 11) is -3.48. The highest BCUT2D eigenvalue weighted by molar-refractivity contribution is 7.89. The lowest BCUT2D eigenvalue weighted by Crippen LogP contribution is -2.33. The standard InChI is InChI=1S/C20H27N7O2S/c1-2-23-30(28,29)17-9-7-15(8-10-17)24-18-13-19(26-27-12-11-22-20(18)27)25-16-5-3-14(21)4-6-16/h7-14,16,23-24H,2-6,21H2,1H3,(H,25,26). The van der Waals surface area contributed by atoms with Gasteiger partial charge >= 0.3 is 0 Å². The predicted molar refractivity (Wildman–Crippen MR) is 117 cm³/mol. The van der Waals surface area contributed by atoms with E-state index in [1.807, 2.05) is 6.07 Å². The summed E-state index contributed by atoms with van der Waals surface area (Å²) in [4.78, 5) is 4.61. The van der Waals surface area contributed by atoms with E-state index in [4.69, 9.17) is 5.73 Å². The van der Waals surface area contributed by atoms with Crippen molar-refractivity contribution in [2.45, 2.75) is 49.6 Å². The van der Waals surface area contributed by atoms with Gasteiger partial charge in [0.15, 0.2) is 5.65 Å². The molecule has 0 unspecified atom stereocenters. The number of hydrogen-bond donors (Lipinski definition) is 4. The van der Waals surface area contributed by atoms with Crippen LogP contribution in [0, 0.1) is 0 Å². The molecule has 30 heavy (non-hydrogen) atoms. The quantitative estimate of drug-likeness (QED) is 0.454. The fraction of sp³-hybridized carbons (Fsp3) is 0.400. The number of anilines is 3. The molecule has 0 amide bonds. The highest BCUT2D eigenvalue weighted by Gasteiger charge is 2.19. The summed E-state index contributed by atoms with van der Waals surface area (Å²) in [5.74, 6) is 0.759. The van der Waals surface area contributed by atoms with Crippen molar-refractivity contribution >= 4 is 32.9 Å². The van der Waals surface area contributed by atoms with Crippen LogP contribution in [0.5, 0.6) is 0 Å². The molecule has 0 aliphatic heterocycles. The Morgan fingerprint density at radius 2 is 1.90 bits per heavy atom. The van der Waals surface area contributed by atoms with Crippen LogP contribution < -0.4 is 21.1 Å². The van der Waals surface area contributed by atoms with E-state index in [1.54, 1.807) is 48.1 Å². The summed E-state index contributed by atoms with van der Waals surface area (Å²) in [6, 6.07) is 9.20.